The van der Waals surface area contributed by atoms with Crippen molar-refractivity contribution in [2.75, 3.05) is 9.80 Å². The summed E-state index contributed by atoms with van der Waals surface area (Å²) in [4.78, 5) is 5.01. The van der Waals surface area contributed by atoms with Gasteiger partial charge in [-0.25, -0.2) is 0 Å². The summed E-state index contributed by atoms with van der Waals surface area (Å²) in [5.74, 6) is 0. The monoisotopic (exact) mass is 1120 g/mol. The largest absolute Gasteiger partial charge is 0.310 e. The van der Waals surface area contributed by atoms with Gasteiger partial charge in [0.2, 0.25) is 0 Å². The van der Waals surface area contributed by atoms with E-state index in [2.05, 4.69) is 325 Å². The highest BCUT2D eigenvalue weighted by molar-refractivity contribution is 6.39. The van der Waals surface area contributed by atoms with E-state index >= 15 is 0 Å². The number of rotatable bonds is 8. The maximum Gasteiger partial charge on any atom is 0.0634 e. The summed E-state index contributed by atoms with van der Waals surface area (Å²) in [5.41, 5.74) is 29.3. The normalized spacial score (nSPS) is 13.9. The van der Waals surface area contributed by atoms with Crippen LogP contribution in [0.4, 0.5) is 34.1 Å². The zero-order valence-electron chi connectivity index (χ0n) is 49.3. The van der Waals surface area contributed by atoms with Gasteiger partial charge in [0.15, 0.2) is 0 Å². The number of para-hydroxylation sites is 4. The van der Waals surface area contributed by atoms with Crippen molar-refractivity contribution < 1.29 is 0 Å². The third-order valence-electron chi connectivity index (χ3n) is 20.3. The average Bonchev–Trinajstić information content (AvgIpc) is 1.50. The van der Waals surface area contributed by atoms with E-state index in [9.17, 15) is 0 Å². The van der Waals surface area contributed by atoms with Gasteiger partial charge in [-0.3, -0.25) is 0 Å². The smallest absolute Gasteiger partial charge is 0.0634 e. The predicted molar refractivity (Wildman–Crippen MR) is 371 cm³/mol. The van der Waals surface area contributed by atoms with Crippen LogP contribution < -0.4 is 9.80 Å². The van der Waals surface area contributed by atoms with Gasteiger partial charge in [-0.15, -0.1) is 0 Å². The molecule has 0 aliphatic heterocycles. The van der Waals surface area contributed by atoms with Crippen LogP contribution in [0, 0.1) is 0 Å². The Morgan fingerprint density at radius 1 is 0.261 bits per heavy atom. The van der Waals surface area contributed by atoms with Crippen LogP contribution in [0.3, 0.4) is 0 Å². The van der Waals surface area contributed by atoms with E-state index in [0.717, 1.165) is 34.1 Å². The van der Waals surface area contributed by atoms with Crippen molar-refractivity contribution in [1.82, 2.24) is 8.80 Å². The molecule has 17 aromatic rings. The van der Waals surface area contributed by atoms with Gasteiger partial charge in [0, 0.05) is 87.8 Å². The van der Waals surface area contributed by atoms with E-state index in [1.54, 1.807) is 0 Å². The molecule has 0 unspecified atom stereocenters. The molecule has 88 heavy (non-hydrogen) atoms. The Morgan fingerprint density at radius 3 is 1.01 bits per heavy atom. The van der Waals surface area contributed by atoms with E-state index in [1.165, 1.54) is 143 Å². The van der Waals surface area contributed by atoms with Crippen molar-refractivity contribution >= 4 is 110 Å². The van der Waals surface area contributed by atoms with Crippen LogP contribution >= 0.6 is 0 Å². The first-order valence-electron chi connectivity index (χ1n) is 30.9. The molecule has 414 valence electrons. The summed E-state index contributed by atoms with van der Waals surface area (Å²) in [6, 6.07) is 105. The molecule has 0 bridgehead atoms. The molecule has 0 N–H and O–H groups in total. The predicted octanol–water partition coefficient (Wildman–Crippen LogP) is 22.9. The van der Waals surface area contributed by atoms with E-state index in [0.29, 0.717) is 0 Å². The third kappa shape index (κ3) is 6.43. The molecule has 0 radical (unpaired) electrons. The fraction of sp³-hybridized carbons (Fsp3) is 0.0714. The summed E-state index contributed by atoms with van der Waals surface area (Å²) in [7, 11) is 0. The molecule has 0 amide bonds. The maximum atomic E-state index is 2.65. The van der Waals surface area contributed by atoms with E-state index in [4.69, 9.17) is 0 Å². The average molecular weight is 1120 g/mol. The van der Waals surface area contributed by atoms with Crippen LogP contribution in [0.15, 0.2) is 279 Å². The summed E-state index contributed by atoms with van der Waals surface area (Å²) < 4.78 is 5.30. The van der Waals surface area contributed by atoms with Crippen LogP contribution in [0.1, 0.15) is 49.9 Å². The molecule has 4 aromatic heterocycles. The Hall–Kier alpha value is -10.9. The van der Waals surface area contributed by atoms with Crippen LogP contribution in [0.5, 0.6) is 0 Å². The van der Waals surface area contributed by atoms with Gasteiger partial charge in [-0.05, 0) is 128 Å². The molecule has 0 fully saturated rings. The molecule has 2 aliphatic carbocycles. The highest BCUT2D eigenvalue weighted by Crippen LogP contribution is 2.58. The lowest BCUT2D eigenvalue weighted by atomic mass is 9.82. The minimum atomic E-state index is -0.160. The molecule has 2 aliphatic rings. The van der Waals surface area contributed by atoms with Gasteiger partial charge >= 0.3 is 0 Å². The molecule has 0 spiro atoms. The standard InChI is InChI=1S/C84H58N4/c1-83(2)65-39-19-17-33-57(65)59-47-45-55(49-67(59)83)85(53-29-13-7-14-30-53)69-41-23-43-71-75(69)61-35-21-37-63-77-74(52-27-11-6-12-28-52)82-78(73(51-25-9-5-10-26-51)81(77)87(71)79(61)63)64-38-22-36-62-76-70(42-24-44-72(76)88(82)80(62)64)86(54-31-15-8-16-32-54)56-46-48-60-58-34-18-20-40-66(58)84(3,4)68(60)50-56/h5-50H,1-4H3. The van der Waals surface area contributed by atoms with Crippen molar-refractivity contribution in [1.29, 1.82) is 0 Å². The lowest BCUT2D eigenvalue weighted by Gasteiger charge is -2.29. The van der Waals surface area contributed by atoms with Crippen molar-refractivity contribution in [2.45, 2.75) is 38.5 Å². The first kappa shape index (κ1) is 49.3. The second-order valence-electron chi connectivity index (χ2n) is 25.5. The summed E-state index contributed by atoms with van der Waals surface area (Å²) in [5, 5.41) is 9.88. The molecule has 0 saturated carbocycles. The molecular formula is C84H58N4. The third-order valence-corrected chi connectivity index (χ3v) is 20.3. The van der Waals surface area contributed by atoms with Gasteiger partial charge < -0.3 is 18.6 Å². The second kappa shape index (κ2) is 17.8. The molecule has 4 heteroatoms. The highest BCUT2D eigenvalue weighted by atomic mass is 15.2. The maximum absolute atomic E-state index is 2.65. The van der Waals surface area contributed by atoms with E-state index in [1.807, 2.05) is 0 Å². The fourth-order valence-electron chi connectivity index (χ4n) is 16.6. The summed E-state index contributed by atoms with van der Waals surface area (Å²) in [6.07, 6.45) is 0. The number of anilines is 6. The number of hydrogen-bond acceptors (Lipinski definition) is 2. The summed E-state index contributed by atoms with van der Waals surface area (Å²) in [6.45, 7) is 9.52. The van der Waals surface area contributed by atoms with Crippen LogP contribution in [0.2, 0.25) is 0 Å². The first-order chi connectivity index (χ1) is 43.3. The fourth-order valence-corrected chi connectivity index (χ4v) is 16.6. The molecule has 0 saturated heterocycles. The Morgan fingerprint density at radius 2 is 0.602 bits per heavy atom. The number of fused-ring (bicyclic) bond motifs is 18. The van der Waals surface area contributed by atoms with Crippen molar-refractivity contribution in [2.24, 2.45) is 0 Å². The zero-order valence-corrected chi connectivity index (χ0v) is 49.3. The van der Waals surface area contributed by atoms with Gasteiger partial charge in [-0.2, -0.15) is 0 Å². The Bertz CT molecular complexity index is 5380. The van der Waals surface area contributed by atoms with Crippen LogP contribution in [-0.2, 0) is 10.8 Å². The van der Waals surface area contributed by atoms with Crippen molar-refractivity contribution in [3.8, 4) is 44.5 Å². The minimum Gasteiger partial charge on any atom is -0.310 e. The van der Waals surface area contributed by atoms with Crippen LogP contribution in [-0.4, -0.2) is 8.80 Å². The van der Waals surface area contributed by atoms with Gasteiger partial charge in [0.05, 0.1) is 44.5 Å². The topological polar surface area (TPSA) is 15.3 Å². The number of nitrogens with zero attached hydrogens (tertiary/aromatic N) is 4. The second-order valence-corrected chi connectivity index (χ2v) is 25.5. The van der Waals surface area contributed by atoms with Crippen molar-refractivity contribution in [3.63, 3.8) is 0 Å². The lowest BCUT2D eigenvalue weighted by molar-refractivity contribution is 0.660. The SMILES string of the molecule is CC1(C)c2ccccc2-c2ccc(N(c3ccccc3)c3cccc4c3c3cccc5c6c(-c7ccccc7)c7c(c(-c8ccccc8)c6n4c35)c3cccc4c5c(N(c6ccccc6)c6ccc8c(c6)C(C)(C)c6ccccc6-8)cccc5n7c43)cc21. The molecule has 13 aromatic carbocycles. The number of aromatic nitrogens is 2. The molecular weight excluding hydrogens is 1060 g/mol. The Labute approximate surface area is 510 Å². The molecule has 4 nitrogen and oxygen atoms in total. The van der Waals surface area contributed by atoms with Gasteiger partial charge in [0.1, 0.15) is 0 Å². The van der Waals surface area contributed by atoms with Crippen molar-refractivity contribution in [3.05, 3.63) is 301 Å². The molecule has 19 rings (SSSR count). The first-order valence-corrected chi connectivity index (χ1v) is 30.9. The quantitative estimate of drug-likeness (QED) is 0.151. The number of benzene rings is 13. The van der Waals surface area contributed by atoms with E-state index in [-0.39, 0.29) is 10.8 Å². The zero-order chi connectivity index (χ0) is 58.3. The van der Waals surface area contributed by atoms with E-state index < -0.39 is 0 Å². The van der Waals surface area contributed by atoms with Crippen LogP contribution in [0.25, 0.3) is 121 Å². The number of hydrogen-bond donors (Lipinski definition) is 0. The molecule has 4 heterocycles. The van der Waals surface area contributed by atoms with Gasteiger partial charge in [-0.1, -0.05) is 234 Å². The minimum absolute atomic E-state index is 0.160. The highest BCUT2D eigenvalue weighted by Gasteiger charge is 2.39. The van der Waals surface area contributed by atoms with Gasteiger partial charge in [0.25, 0.3) is 0 Å². The molecule has 0 atom stereocenters. The Kier molecular flexibility index (Phi) is 9.99. The summed E-state index contributed by atoms with van der Waals surface area (Å²) >= 11 is 0. The lowest BCUT2D eigenvalue weighted by Crippen LogP contribution is -2.16. The Balaban J connectivity index is 0.925.